The Labute approximate surface area is 139 Å². The normalized spacial score (nSPS) is 28.0. The quantitative estimate of drug-likeness (QED) is 0.877. The molecule has 1 amide bonds. The van der Waals surface area contributed by atoms with Crippen LogP contribution in [0.1, 0.15) is 57.6 Å². The minimum Gasteiger partial charge on any atom is -0.494 e. The van der Waals surface area contributed by atoms with Gasteiger partial charge in [0.25, 0.3) is 0 Å². The van der Waals surface area contributed by atoms with Crippen molar-refractivity contribution >= 4 is 5.91 Å². The summed E-state index contributed by atoms with van der Waals surface area (Å²) in [6, 6.07) is 8.49. The first kappa shape index (κ1) is 16.3. The molecule has 3 rings (SSSR count). The lowest BCUT2D eigenvalue weighted by Gasteiger charge is -2.24. The van der Waals surface area contributed by atoms with E-state index < -0.39 is 0 Å². The summed E-state index contributed by atoms with van der Waals surface area (Å²) < 4.78 is 5.54. The number of nitrogens with one attached hydrogen (secondary N) is 2. The molecule has 1 saturated heterocycles. The maximum Gasteiger partial charge on any atom is 0.237 e. The van der Waals surface area contributed by atoms with Gasteiger partial charge in [0.05, 0.1) is 18.7 Å². The monoisotopic (exact) mass is 316 g/mol. The van der Waals surface area contributed by atoms with Gasteiger partial charge in [-0.3, -0.25) is 4.79 Å². The summed E-state index contributed by atoms with van der Waals surface area (Å²) in [5.74, 6) is 1.68. The Hall–Kier alpha value is -1.55. The van der Waals surface area contributed by atoms with Crippen LogP contribution < -0.4 is 15.4 Å². The highest BCUT2D eigenvalue weighted by atomic mass is 16.5. The van der Waals surface area contributed by atoms with E-state index >= 15 is 0 Å². The van der Waals surface area contributed by atoms with Crippen LogP contribution in [0.2, 0.25) is 0 Å². The lowest BCUT2D eigenvalue weighted by molar-refractivity contribution is -0.123. The first-order chi connectivity index (χ1) is 11.2. The summed E-state index contributed by atoms with van der Waals surface area (Å²) in [5, 5.41) is 6.70. The van der Waals surface area contributed by atoms with Gasteiger partial charge in [-0.25, -0.2) is 0 Å². The van der Waals surface area contributed by atoms with E-state index in [1.54, 1.807) is 0 Å². The third-order valence-corrected chi connectivity index (χ3v) is 5.21. The topological polar surface area (TPSA) is 50.4 Å². The lowest BCUT2D eigenvalue weighted by Crippen LogP contribution is -2.43. The fourth-order valence-corrected chi connectivity index (χ4v) is 3.96. The fraction of sp³-hybridized carbons (Fsp3) is 0.632. The van der Waals surface area contributed by atoms with E-state index in [-0.39, 0.29) is 18.0 Å². The largest absolute Gasteiger partial charge is 0.494 e. The number of rotatable bonds is 5. The molecule has 4 nitrogen and oxygen atoms in total. The molecule has 0 bridgehead atoms. The van der Waals surface area contributed by atoms with Crippen molar-refractivity contribution < 1.29 is 9.53 Å². The number of amides is 1. The van der Waals surface area contributed by atoms with Gasteiger partial charge < -0.3 is 15.4 Å². The molecule has 1 aromatic carbocycles. The summed E-state index contributed by atoms with van der Waals surface area (Å²) in [5.41, 5.74) is 1.08. The van der Waals surface area contributed by atoms with Crippen LogP contribution in [-0.2, 0) is 4.79 Å². The summed E-state index contributed by atoms with van der Waals surface area (Å²) >= 11 is 0. The van der Waals surface area contributed by atoms with E-state index in [4.69, 9.17) is 4.74 Å². The first-order valence-electron chi connectivity index (χ1n) is 8.96. The third-order valence-electron chi connectivity index (χ3n) is 5.21. The average Bonchev–Trinajstić information content (AvgIpc) is 2.99. The number of benzene rings is 1. The smallest absolute Gasteiger partial charge is 0.237 e. The summed E-state index contributed by atoms with van der Waals surface area (Å²) in [7, 11) is 0. The highest BCUT2D eigenvalue weighted by Gasteiger charge is 2.38. The third kappa shape index (κ3) is 3.86. The van der Waals surface area contributed by atoms with E-state index in [0.717, 1.165) is 17.7 Å². The molecule has 0 radical (unpaired) electrons. The number of fused-ring (bicyclic) bond motifs is 1. The van der Waals surface area contributed by atoms with Crippen molar-refractivity contribution in [3.63, 3.8) is 0 Å². The number of ether oxygens (including phenoxy) is 1. The van der Waals surface area contributed by atoms with Crippen LogP contribution in [0.4, 0.5) is 0 Å². The Morgan fingerprint density at radius 3 is 3.00 bits per heavy atom. The molecule has 23 heavy (non-hydrogen) atoms. The molecule has 1 aliphatic heterocycles. The molecule has 2 N–H and O–H groups in total. The van der Waals surface area contributed by atoms with Gasteiger partial charge in [-0.1, -0.05) is 25.0 Å². The SMILES string of the molecule is CCOc1cccc(C(C)NC(=O)C2CC3CCCCC3N2)c1. The molecule has 1 aromatic rings. The van der Waals surface area contributed by atoms with E-state index in [1.165, 1.54) is 25.7 Å². The van der Waals surface area contributed by atoms with Gasteiger partial charge in [0.1, 0.15) is 5.75 Å². The minimum absolute atomic E-state index is 0.00710. The zero-order chi connectivity index (χ0) is 16.2. The van der Waals surface area contributed by atoms with Gasteiger partial charge in [0, 0.05) is 6.04 Å². The first-order valence-corrected chi connectivity index (χ1v) is 8.96. The molecular weight excluding hydrogens is 288 g/mol. The van der Waals surface area contributed by atoms with Crippen LogP contribution in [0.5, 0.6) is 5.75 Å². The maximum atomic E-state index is 12.6. The summed E-state index contributed by atoms with van der Waals surface area (Å²) in [4.78, 5) is 12.6. The molecule has 4 unspecified atom stereocenters. The molecule has 0 aromatic heterocycles. The van der Waals surface area contributed by atoms with Crippen LogP contribution in [0.25, 0.3) is 0 Å². The van der Waals surface area contributed by atoms with Crippen LogP contribution in [-0.4, -0.2) is 24.6 Å². The van der Waals surface area contributed by atoms with Crippen LogP contribution in [0.15, 0.2) is 24.3 Å². The number of hydrogen-bond donors (Lipinski definition) is 2. The highest BCUT2D eigenvalue weighted by molar-refractivity contribution is 5.82. The summed E-state index contributed by atoms with van der Waals surface area (Å²) in [6.45, 7) is 4.66. The Morgan fingerprint density at radius 2 is 2.22 bits per heavy atom. The second kappa shape index (κ2) is 7.35. The summed E-state index contributed by atoms with van der Waals surface area (Å²) in [6.07, 6.45) is 6.09. The second-order valence-electron chi connectivity index (χ2n) is 6.84. The molecule has 1 saturated carbocycles. The van der Waals surface area contributed by atoms with Crippen LogP contribution in [0.3, 0.4) is 0 Å². The lowest BCUT2D eigenvalue weighted by atomic mass is 9.85. The van der Waals surface area contributed by atoms with Crippen molar-refractivity contribution in [2.75, 3.05) is 6.61 Å². The molecule has 4 heteroatoms. The van der Waals surface area contributed by atoms with Crippen LogP contribution >= 0.6 is 0 Å². The molecular formula is C19H28N2O2. The fourth-order valence-electron chi connectivity index (χ4n) is 3.96. The number of carbonyl (C=O) groups is 1. The van der Waals surface area contributed by atoms with E-state index in [0.29, 0.717) is 18.6 Å². The van der Waals surface area contributed by atoms with Crippen molar-refractivity contribution in [3.05, 3.63) is 29.8 Å². The zero-order valence-corrected chi connectivity index (χ0v) is 14.2. The van der Waals surface area contributed by atoms with Crippen molar-refractivity contribution in [3.8, 4) is 5.75 Å². The highest BCUT2D eigenvalue weighted by Crippen LogP contribution is 2.33. The molecule has 0 spiro atoms. The molecule has 4 atom stereocenters. The van der Waals surface area contributed by atoms with Crippen molar-refractivity contribution in [2.24, 2.45) is 5.92 Å². The Kier molecular flexibility index (Phi) is 5.21. The predicted molar refractivity (Wildman–Crippen MR) is 91.5 cm³/mol. The van der Waals surface area contributed by atoms with Gasteiger partial charge in [-0.05, 0) is 56.7 Å². The average molecular weight is 316 g/mol. The Bertz CT molecular complexity index is 532. The molecule has 126 valence electrons. The zero-order valence-electron chi connectivity index (χ0n) is 14.2. The van der Waals surface area contributed by atoms with Gasteiger partial charge in [-0.15, -0.1) is 0 Å². The molecule has 1 heterocycles. The standard InChI is InChI=1S/C19H28N2O2/c1-3-23-16-9-6-8-14(11-16)13(2)20-19(22)18-12-15-7-4-5-10-17(15)21-18/h6,8-9,11,13,15,17-18,21H,3-5,7,10,12H2,1-2H3,(H,20,22). The maximum absolute atomic E-state index is 12.6. The van der Waals surface area contributed by atoms with E-state index in [2.05, 4.69) is 10.6 Å². The van der Waals surface area contributed by atoms with Gasteiger partial charge in [0.2, 0.25) is 5.91 Å². The van der Waals surface area contributed by atoms with Crippen molar-refractivity contribution in [2.45, 2.75) is 64.1 Å². The van der Waals surface area contributed by atoms with E-state index in [1.807, 2.05) is 38.1 Å². The minimum atomic E-state index is -0.0272. The van der Waals surface area contributed by atoms with Crippen molar-refractivity contribution in [1.29, 1.82) is 0 Å². The van der Waals surface area contributed by atoms with Gasteiger partial charge in [-0.2, -0.15) is 0 Å². The Morgan fingerprint density at radius 1 is 1.39 bits per heavy atom. The Balaban J connectivity index is 1.58. The molecule has 2 fully saturated rings. The molecule has 1 aliphatic carbocycles. The van der Waals surface area contributed by atoms with Gasteiger partial charge in [0.15, 0.2) is 0 Å². The van der Waals surface area contributed by atoms with Gasteiger partial charge >= 0.3 is 0 Å². The number of hydrogen-bond acceptors (Lipinski definition) is 3. The predicted octanol–water partition coefficient (Wildman–Crippen LogP) is 3.18. The van der Waals surface area contributed by atoms with Crippen LogP contribution in [0, 0.1) is 5.92 Å². The van der Waals surface area contributed by atoms with Crippen molar-refractivity contribution in [1.82, 2.24) is 10.6 Å². The second-order valence-corrected chi connectivity index (χ2v) is 6.84. The number of carbonyl (C=O) groups excluding carboxylic acids is 1. The van der Waals surface area contributed by atoms with E-state index in [9.17, 15) is 4.79 Å². The molecule has 2 aliphatic rings.